The number of amides is 1. The van der Waals surface area contributed by atoms with E-state index >= 15 is 0 Å². The van der Waals surface area contributed by atoms with Crippen LogP contribution >= 0.6 is 0 Å². The first-order valence-corrected chi connectivity index (χ1v) is 7.86. The Hall–Kier alpha value is -1.62. The van der Waals surface area contributed by atoms with Crippen LogP contribution in [0.1, 0.15) is 38.8 Å². The first kappa shape index (κ1) is 15.8. The second-order valence-corrected chi connectivity index (χ2v) is 5.69. The van der Waals surface area contributed by atoms with Gasteiger partial charge >= 0.3 is 0 Å². The summed E-state index contributed by atoms with van der Waals surface area (Å²) in [6.07, 6.45) is 3.14. The molecule has 116 valence electrons. The third kappa shape index (κ3) is 5.34. The number of rotatable bonds is 6. The molecule has 0 radical (unpaired) electrons. The average molecular weight is 290 g/mol. The Balaban J connectivity index is 1.81. The number of aromatic nitrogens is 1. The monoisotopic (exact) mass is 290 g/mol. The van der Waals surface area contributed by atoms with Crippen molar-refractivity contribution in [2.75, 3.05) is 25.0 Å². The van der Waals surface area contributed by atoms with E-state index in [1.165, 1.54) is 0 Å². The molecule has 1 aromatic heterocycles. The van der Waals surface area contributed by atoms with Gasteiger partial charge in [-0.15, -0.1) is 0 Å². The molecule has 1 aromatic rings. The van der Waals surface area contributed by atoms with E-state index < -0.39 is 0 Å². The minimum absolute atomic E-state index is 0.0739. The SMILES string of the molecule is CCCNc1cccc(CN2CCC(NC(C)=O)CC2)n1. The van der Waals surface area contributed by atoms with Gasteiger partial charge < -0.3 is 10.6 Å². The van der Waals surface area contributed by atoms with E-state index in [0.717, 1.165) is 57.0 Å². The Morgan fingerprint density at radius 2 is 2.14 bits per heavy atom. The van der Waals surface area contributed by atoms with Gasteiger partial charge in [-0.25, -0.2) is 4.98 Å². The standard InChI is InChI=1S/C16H26N4O/c1-3-9-17-16-6-4-5-15(19-16)12-20-10-7-14(8-11-20)18-13(2)21/h4-6,14H,3,7-12H2,1-2H3,(H,17,19)(H,18,21). The van der Waals surface area contributed by atoms with Gasteiger partial charge in [0, 0.05) is 39.1 Å². The summed E-state index contributed by atoms with van der Waals surface area (Å²) in [6.45, 7) is 7.60. The molecule has 0 spiro atoms. The molecule has 1 aliphatic rings. The first-order chi connectivity index (χ1) is 10.2. The van der Waals surface area contributed by atoms with Crippen LogP contribution in [0.2, 0.25) is 0 Å². The van der Waals surface area contributed by atoms with Crippen molar-refractivity contribution in [1.29, 1.82) is 0 Å². The number of carbonyl (C=O) groups excluding carboxylic acids is 1. The highest BCUT2D eigenvalue weighted by atomic mass is 16.1. The molecule has 0 bridgehead atoms. The van der Waals surface area contributed by atoms with Gasteiger partial charge in [-0.1, -0.05) is 13.0 Å². The first-order valence-electron chi connectivity index (χ1n) is 7.86. The molecule has 0 atom stereocenters. The number of carbonyl (C=O) groups is 1. The Bertz CT molecular complexity index is 455. The molecule has 2 heterocycles. The maximum absolute atomic E-state index is 11.1. The molecule has 1 fully saturated rings. The van der Waals surface area contributed by atoms with Crippen molar-refractivity contribution >= 4 is 11.7 Å². The Morgan fingerprint density at radius 1 is 1.38 bits per heavy atom. The van der Waals surface area contributed by atoms with Gasteiger partial charge in [0.2, 0.25) is 5.91 Å². The molecule has 5 heteroatoms. The van der Waals surface area contributed by atoms with Gasteiger partial charge in [0.05, 0.1) is 5.69 Å². The third-order valence-electron chi connectivity index (χ3n) is 3.74. The van der Waals surface area contributed by atoms with Crippen LogP contribution < -0.4 is 10.6 Å². The summed E-state index contributed by atoms with van der Waals surface area (Å²) >= 11 is 0. The maximum Gasteiger partial charge on any atom is 0.217 e. The van der Waals surface area contributed by atoms with Crippen LogP contribution in [0.15, 0.2) is 18.2 Å². The summed E-state index contributed by atoms with van der Waals surface area (Å²) in [4.78, 5) is 18.1. The Morgan fingerprint density at radius 3 is 2.81 bits per heavy atom. The molecular formula is C16H26N4O. The highest BCUT2D eigenvalue weighted by Gasteiger charge is 2.19. The Labute approximate surface area is 127 Å². The van der Waals surface area contributed by atoms with E-state index in [4.69, 9.17) is 0 Å². The summed E-state index contributed by atoms with van der Waals surface area (Å²) < 4.78 is 0. The molecule has 0 saturated carbocycles. The van der Waals surface area contributed by atoms with Crippen molar-refractivity contribution in [1.82, 2.24) is 15.2 Å². The molecule has 2 rings (SSSR count). The van der Waals surface area contributed by atoms with Gasteiger partial charge in [-0.3, -0.25) is 9.69 Å². The molecule has 1 aliphatic heterocycles. The number of likely N-dealkylation sites (tertiary alicyclic amines) is 1. The van der Waals surface area contributed by atoms with Crippen LogP contribution in [0, 0.1) is 0 Å². The lowest BCUT2D eigenvalue weighted by atomic mass is 10.0. The van der Waals surface area contributed by atoms with Gasteiger partial charge in [0.1, 0.15) is 5.82 Å². The second-order valence-electron chi connectivity index (χ2n) is 5.69. The predicted octanol–water partition coefficient (Wildman–Crippen LogP) is 2.00. The van der Waals surface area contributed by atoms with Crippen LogP contribution in [-0.4, -0.2) is 41.5 Å². The van der Waals surface area contributed by atoms with E-state index in [1.807, 2.05) is 6.07 Å². The predicted molar refractivity (Wildman–Crippen MR) is 85.1 cm³/mol. The van der Waals surface area contributed by atoms with E-state index in [2.05, 4.69) is 39.6 Å². The lowest BCUT2D eigenvalue weighted by molar-refractivity contribution is -0.119. The van der Waals surface area contributed by atoms with E-state index in [1.54, 1.807) is 6.92 Å². The number of hydrogen-bond acceptors (Lipinski definition) is 4. The lowest BCUT2D eigenvalue weighted by Gasteiger charge is -2.31. The quantitative estimate of drug-likeness (QED) is 0.841. The molecule has 21 heavy (non-hydrogen) atoms. The number of piperidine rings is 1. The number of nitrogens with zero attached hydrogens (tertiary/aromatic N) is 2. The topological polar surface area (TPSA) is 57.3 Å². The zero-order valence-corrected chi connectivity index (χ0v) is 13.1. The van der Waals surface area contributed by atoms with Crippen LogP contribution in [0.4, 0.5) is 5.82 Å². The van der Waals surface area contributed by atoms with Gasteiger partial charge in [0.25, 0.3) is 0 Å². The molecule has 1 saturated heterocycles. The van der Waals surface area contributed by atoms with Gasteiger partial charge in [-0.2, -0.15) is 0 Å². The molecule has 5 nitrogen and oxygen atoms in total. The highest BCUT2D eigenvalue weighted by molar-refractivity contribution is 5.73. The summed E-state index contributed by atoms with van der Waals surface area (Å²) in [5.74, 6) is 1.03. The molecule has 0 aromatic carbocycles. The zero-order valence-electron chi connectivity index (χ0n) is 13.1. The maximum atomic E-state index is 11.1. The second kappa shape index (κ2) is 7.98. The lowest BCUT2D eigenvalue weighted by Crippen LogP contribution is -2.43. The van der Waals surface area contributed by atoms with Crippen molar-refractivity contribution < 1.29 is 4.79 Å². The minimum Gasteiger partial charge on any atom is -0.370 e. The molecular weight excluding hydrogens is 264 g/mol. The number of pyridine rings is 1. The van der Waals surface area contributed by atoms with Crippen molar-refractivity contribution in [3.05, 3.63) is 23.9 Å². The fourth-order valence-corrected chi connectivity index (χ4v) is 2.67. The Kier molecular flexibility index (Phi) is 5.99. The highest BCUT2D eigenvalue weighted by Crippen LogP contribution is 2.14. The number of nitrogens with one attached hydrogen (secondary N) is 2. The van der Waals surface area contributed by atoms with E-state index in [0.29, 0.717) is 6.04 Å². The summed E-state index contributed by atoms with van der Waals surface area (Å²) in [7, 11) is 0. The van der Waals surface area contributed by atoms with Crippen LogP contribution in [-0.2, 0) is 11.3 Å². The molecule has 1 amide bonds. The summed E-state index contributed by atoms with van der Waals surface area (Å²) in [6, 6.07) is 6.49. The van der Waals surface area contributed by atoms with Crippen molar-refractivity contribution in [2.24, 2.45) is 0 Å². The largest absolute Gasteiger partial charge is 0.370 e. The zero-order chi connectivity index (χ0) is 15.1. The van der Waals surface area contributed by atoms with Crippen LogP contribution in [0.3, 0.4) is 0 Å². The van der Waals surface area contributed by atoms with Crippen LogP contribution in [0.5, 0.6) is 0 Å². The molecule has 0 unspecified atom stereocenters. The van der Waals surface area contributed by atoms with Gasteiger partial charge in [0.15, 0.2) is 0 Å². The smallest absolute Gasteiger partial charge is 0.217 e. The summed E-state index contributed by atoms with van der Waals surface area (Å²) in [5.41, 5.74) is 1.11. The normalized spacial score (nSPS) is 16.7. The van der Waals surface area contributed by atoms with Gasteiger partial charge in [-0.05, 0) is 31.4 Å². The molecule has 2 N–H and O–H groups in total. The van der Waals surface area contributed by atoms with E-state index in [9.17, 15) is 4.79 Å². The van der Waals surface area contributed by atoms with Crippen molar-refractivity contribution in [3.8, 4) is 0 Å². The van der Waals surface area contributed by atoms with E-state index in [-0.39, 0.29) is 5.91 Å². The third-order valence-corrected chi connectivity index (χ3v) is 3.74. The number of hydrogen-bond donors (Lipinski definition) is 2. The van der Waals surface area contributed by atoms with Crippen LogP contribution in [0.25, 0.3) is 0 Å². The summed E-state index contributed by atoms with van der Waals surface area (Å²) in [5, 5.41) is 6.33. The number of anilines is 1. The molecule has 0 aliphatic carbocycles. The van der Waals surface area contributed by atoms with Crippen molar-refractivity contribution in [2.45, 2.75) is 45.7 Å². The fourth-order valence-electron chi connectivity index (χ4n) is 2.67. The fraction of sp³-hybridized carbons (Fsp3) is 0.625. The minimum atomic E-state index is 0.0739. The average Bonchev–Trinajstić information content (AvgIpc) is 2.47. The van der Waals surface area contributed by atoms with Crippen molar-refractivity contribution in [3.63, 3.8) is 0 Å².